The SMILES string of the molecule is CCCCC(CC)C(=O)O.CCCCC(CC)C(=O)[O-].CCCCC(CC)C(=O)[O-].[Ca+2]. The van der Waals surface area contributed by atoms with Crippen LogP contribution >= 0.6 is 0 Å². The van der Waals surface area contributed by atoms with Crippen LogP contribution in [-0.4, -0.2) is 60.8 Å². The van der Waals surface area contributed by atoms with Crippen LogP contribution in [-0.2, 0) is 14.4 Å². The van der Waals surface area contributed by atoms with E-state index in [1.54, 1.807) is 0 Å². The molecule has 0 aliphatic rings. The van der Waals surface area contributed by atoms with E-state index in [2.05, 4.69) is 20.8 Å². The number of hydrogen-bond donors (Lipinski definition) is 1. The molecule has 0 aliphatic heterocycles. The molecule has 0 aromatic carbocycles. The summed E-state index contributed by atoms with van der Waals surface area (Å²) in [7, 11) is 0. The zero-order valence-corrected chi connectivity index (χ0v) is 23.1. The zero-order valence-electron chi connectivity index (χ0n) is 20.9. The van der Waals surface area contributed by atoms with Crippen LogP contribution < -0.4 is 10.2 Å². The van der Waals surface area contributed by atoms with Gasteiger partial charge in [-0.25, -0.2) is 0 Å². The van der Waals surface area contributed by atoms with Gasteiger partial charge in [-0.1, -0.05) is 80.1 Å². The van der Waals surface area contributed by atoms with Crippen molar-refractivity contribution < 1.29 is 29.7 Å². The molecule has 0 heterocycles. The fourth-order valence-corrected chi connectivity index (χ4v) is 2.83. The zero-order chi connectivity index (χ0) is 23.9. The molecular formula is C24H46CaO6. The van der Waals surface area contributed by atoms with Gasteiger partial charge in [0.25, 0.3) is 0 Å². The first-order chi connectivity index (χ1) is 14.2. The second-order valence-electron chi connectivity index (χ2n) is 7.72. The number of aliphatic carboxylic acids is 3. The summed E-state index contributed by atoms with van der Waals surface area (Å²) in [5.74, 6) is -2.98. The maximum absolute atomic E-state index is 10.4. The van der Waals surface area contributed by atoms with Gasteiger partial charge in [-0.3, -0.25) is 4.79 Å². The molecule has 0 saturated heterocycles. The van der Waals surface area contributed by atoms with Crippen molar-refractivity contribution in [3.05, 3.63) is 0 Å². The minimum Gasteiger partial charge on any atom is -0.550 e. The number of carboxylic acids is 3. The van der Waals surface area contributed by atoms with Gasteiger partial charge in [0.1, 0.15) is 0 Å². The molecule has 3 atom stereocenters. The van der Waals surface area contributed by atoms with E-state index in [1.807, 2.05) is 20.8 Å². The third-order valence-corrected chi connectivity index (χ3v) is 5.21. The number of carbonyl (C=O) groups is 3. The van der Waals surface area contributed by atoms with Crippen molar-refractivity contribution in [2.75, 3.05) is 0 Å². The molecule has 6 nitrogen and oxygen atoms in total. The molecule has 3 unspecified atom stereocenters. The molecule has 180 valence electrons. The van der Waals surface area contributed by atoms with E-state index in [0.717, 1.165) is 64.2 Å². The first-order valence-corrected chi connectivity index (χ1v) is 11.8. The smallest absolute Gasteiger partial charge is 0.550 e. The molecule has 0 fully saturated rings. The van der Waals surface area contributed by atoms with E-state index < -0.39 is 17.9 Å². The number of unbranched alkanes of at least 4 members (excludes halogenated alkanes) is 3. The molecule has 0 aromatic heterocycles. The van der Waals surface area contributed by atoms with Crippen molar-refractivity contribution in [2.45, 2.75) is 119 Å². The van der Waals surface area contributed by atoms with Crippen molar-refractivity contribution in [3.63, 3.8) is 0 Å². The molecule has 0 saturated carbocycles. The Balaban J connectivity index is -0.000000174. The maximum atomic E-state index is 10.4. The van der Waals surface area contributed by atoms with Gasteiger partial charge in [0.2, 0.25) is 0 Å². The Hall–Kier alpha value is -0.330. The van der Waals surface area contributed by atoms with E-state index >= 15 is 0 Å². The molecule has 31 heavy (non-hydrogen) atoms. The third kappa shape index (κ3) is 25.8. The summed E-state index contributed by atoms with van der Waals surface area (Å²) < 4.78 is 0. The second-order valence-corrected chi connectivity index (χ2v) is 7.72. The Morgan fingerprint density at radius 1 is 0.613 bits per heavy atom. The number of carbonyl (C=O) groups excluding carboxylic acids is 2. The van der Waals surface area contributed by atoms with Crippen LogP contribution in [0.4, 0.5) is 0 Å². The quantitative estimate of drug-likeness (QED) is 0.364. The third-order valence-electron chi connectivity index (χ3n) is 5.21. The van der Waals surface area contributed by atoms with Crippen LogP contribution in [0.3, 0.4) is 0 Å². The molecule has 0 radical (unpaired) electrons. The van der Waals surface area contributed by atoms with Crippen LogP contribution in [0.25, 0.3) is 0 Å². The van der Waals surface area contributed by atoms with Crippen LogP contribution in [0.1, 0.15) is 119 Å². The Morgan fingerprint density at radius 2 is 0.871 bits per heavy atom. The predicted molar refractivity (Wildman–Crippen MR) is 123 cm³/mol. The van der Waals surface area contributed by atoms with Gasteiger partial charge in [-0.15, -0.1) is 0 Å². The molecule has 7 heteroatoms. The van der Waals surface area contributed by atoms with Crippen molar-refractivity contribution in [2.24, 2.45) is 17.8 Å². The summed E-state index contributed by atoms with van der Waals surface area (Å²) in [5, 5.41) is 29.3. The Morgan fingerprint density at radius 3 is 1.03 bits per heavy atom. The largest absolute Gasteiger partial charge is 2.00 e. The topological polar surface area (TPSA) is 118 Å². The standard InChI is InChI=1S/3C8H16O2.Ca/c3*1-3-5-6-7(4-2)8(9)10;/h3*7H,3-6H2,1-2H3,(H,9,10);/q;;;+2/p-2. The number of carboxylic acid groups (broad SMARTS) is 3. The summed E-state index contributed by atoms with van der Waals surface area (Å²) in [6.07, 6.45) is 10.8. The molecule has 0 aromatic rings. The van der Waals surface area contributed by atoms with Crippen LogP contribution in [0.5, 0.6) is 0 Å². The molecule has 0 spiro atoms. The van der Waals surface area contributed by atoms with Gasteiger partial charge < -0.3 is 24.9 Å². The number of rotatable bonds is 15. The first kappa shape index (κ1) is 38.0. The summed E-state index contributed by atoms with van der Waals surface area (Å²) >= 11 is 0. The normalized spacial score (nSPS) is 12.6. The van der Waals surface area contributed by atoms with Gasteiger partial charge in [-0.2, -0.15) is 0 Å². The van der Waals surface area contributed by atoms with E-state index in [4.69, 9.17) is 5.11 Å². The second kappa shape index (κ2) is 27.7. The van der Waals surface area contributed by atoms with Crippen LogP contribution in [0, 0.1) is 17.8 Å². The fraction of sp³-hybridized carbons (Fsp3) is 0.875. The average Bonchev–Trinajstić information content (AvgIpc) is 2.70. The Bertz CT molecular complexity index is 366. The van der Waals surface area contributed by atoms with Crippen LogP contribution in [0.2, 0.25) is 0 Å². The summed E-state index contributed by atoms with van der Waals surface area (Å²) in [5.41, 5.74) is 0. The van der Waals surface area contributed by atoms with E-state index in [-0.39, 0.29) is 55.5 Å². The molecule has 1 N–H and O–H groups in total. The van der Waals surface area contributed by atoms with Crippen molar-refractivity contribution >= 4 is 55.6 Å². The number of hydrogen-bond acceptors (Lipinski definition) is 5. The van der Waals surface area contributed by atoms with Gasteiger partial charge in [0.05, 0.1) is 5.92 Å². The molecular weight excluding hydrogens is 424 g/mol. The van der Waals surface area contributed by atoms with Gasteiger partial charge >= 0.3 is 43.7 Å². The molecule has 0 aliphatic carbocycles. The summed E-state index contributed by atoms with van der Waals surface area (Å²) in [6.45, 7) is 11.9. The maximum Gasteiger partial charge on any atom is 2.00 e. The fourth-order valence-electron chi connectivity index (χ4n) is 2.83. The first-order valence-electron chi connectivity index (χ1n) is 11.8. The van der Waals surface area contributed by atoms with E-state index in [1.165, 1.54) is 0 Å². The Labute approximate surface area is 220 Å². The summed E-state index contributed by atoms with van der Waals surface area (Å²) in [4.78, 5) is 31.1. The monoisotopic (exact) mass is 470 g/mol. The Kier molecular flexibility index (Phi) is 33.9. The van der Waals surface area contributed by atoms with Crippen molar-refractivity contribution in [3.8, 4) is 0 Å². The van der Waals surface area contributed by atoms with Gasteiger partial charge in [0.15, 0.2) is 0 Å². The molecule has 0 rings (SSSR count). The van der Waals surface area contributed by atoms with E-state index in [9.17, 15) is 24.6 Å². The van der Waals surface area contributed by atoms with E-state index in [0.29, 0.717) is 12.8 Å². The van der Waals surface area contributed by atoms with Crippen molar-refractivity contribution in [1.82, 2.24) is 0 Å². The van der Waals surface area contributed by atoms with Crippen LogP contribution in [0.15, 0.2) is 0 Å². The minimum atomic E-state index is -0.893. The average molecular weight is 471 g/mol. The minimum absolute atomic E-state index is 0. The molecule has 0 amide bonds. The van der Waals surface area contributed by atoms with Gasteiger partial charge in [-0.05, 0) is 50.4 Å². The van der Waals surface area contributed by atoms with Gasteiger partial charge in [0, 0.05) is 11.9 Å². The van der Waals surface area contributed by atoms with Crippen molar-refractivity contribution in [1.29, 1.82) is 0 Å². The molecule has 0 bridgehead atoms. The summed E-state index contributed by atoms with van der Waals surface area (Å²) in [6, 6.07) is 0. The predicted octanol–water partition coefficient (Wildman–Crippen LogP) is 3.81.